The molecule has 39 valence electrons. The van der Waals surface area contributed by atoms with E-state index in [-0.39, 0.29) is 24.8 Å². The lowest BCUT2D eigenvalue weighted by Crippen LogP contribution is -2.16. The Morgan fingerprint density at radius 3 is 2.71 bits per heavy atom. The van der Waals surface area contributed by atoms with Crippen molar-refractivity contribution in [2.45, 2.75) is 0 Å². The fraction of sp³-hybridized carbons (Fsp3) is 0.500. The van der Waals surface area contributed by atoms with Crippen molar-refractivity contribution in [1.29, 1.82) is 0 Å². The highest BCUT2D eigenvalue weighted by atomic mass is 127. The molecule has 0 aromatic carbocycles. The monoisotopic (exact) mass is 228 g/mol. The van der Waals surface area contributed by atoms with Gasteiger partial charge >= 0.3 is 12.3 Å². The Balaban J connectivity index is 3.00. The van der Waals surface area contributed by atoms with Gasteiger partial charge in [0.1, 0.15) is 0 Å². The van der Waals surface area contributed by atoms with Gasteiger partial charge in [0.2, 0.25) is 0 Å². The molecular weight excluding hydrogens is 224 g/mol. The molecule has 0 aromatic rings. The third-order valence-corrected chi connectivity index (χ3v) is 1.46. The molecule has 1 radical (unpaired) electrons. The van der Waals surface area contributed by atoms with Gasteiger partial charge in [-0.05, 0) is 0 Å². The second kappa shape index (κ2) is 4.84. The predicted octanol–water partition coefficient (Wildman–Crippen LogP) is -0.542. The molecule has 0 unspecified atom stereocenters. The van der Waals surface area contributed by atoms with Crippen molar-refractivity contribution < 1.29 is 8.58 Å². The van der Waals surface area contributed by atoms with Gasteiger partial charge in [0.25, 0.3) is 5.97 Å². The Labute approximate surface area is 59.3 Å². The quantitative estimate of drug-likeness (QED) is 0.510. The molecule has 0 aromatic heterocycles. The zero-order valence-corrected chi connectivity index (χ0v) is 6.87. The predicted molar refractivity (Wildman–Crippen MR) is 34.9 cm³/mol. The van der Waals surface area contributed by atoms with Gasteiger partial charge in [-0.1, -0.05) is 0 Å². The molecule has 0 saturated heterocycles. The lowest BCUT2D eigenvalue weighted by Gasteiger charge is -1.94. The lowest BCUT2D eigenvalue weighted by molar-refractivity contribution is -0.132. The van der Waals surface area contributed by atoms with Crippen LogP contribution in [0.5, 0.6) is 0 Å². The van der Waals surface area contributed by atoms with Gasteiger partial charge in [0.15, 0.2) is 0 Å². The third kappa shape index (κ3) is 4.55. The van der Waals surface area contributed by atoms with Crippen LogP contribution in [0.15, 0.2) is 0 Å². The standard InChI is InChI=1S/C2H5NO2.Al.HI/c3-1-2(4)5;;/h1,3H2,(H,4,5);;1H/q;+2;/p-2. The average molecular weight is 228 g/mol. The molecule has 0 amide bonds. The number of hydrogen-bond acceptors (Lipinski definition) is 3. The van der Waals surface area contributed by atoms with Crippen molar-refractivity contribution in [3.05, 3.63) is 0 Å². The SMILES string of the molecule is NCC(=O)[O][Al][I]. The topological polar surface area (TPSA) is 52.3 Å². The van der Waals surface area contributed by atoms with Crippen LogP contribution in [0.4, 0.5) is 0 Å². The first-order valence-corrected chi connectivity index (χ1v) is 6.27. The molecule has 0 bridgehead atoms. The zero-order chi connectivity index (χ0) is 5.70. The van der Waals surface area contributed by atoms with Crippen molar-refractivity contribution in [1.82, 2.24) is 0 Å². The fourth-order valence-corrected chi connectivity index (χ4v) is 1.14. The van der Waals surface area contributed by atoms with Crippen LogP contribution in [0.25, 0.3) is 0 Å². The third-order valence-electron chi connectivity index (χ3n) is 0.343. The molecule has 0 aliphatic rings. The minimum Gasteiger partial charge on any atom is -0.613 e. The first-order chi connectivity index (χ1) is 3.31. The molecule has 0 fully saturated rings. The van der Waals surface area contributed by atoms with E-state index in [9.17, 15) is 4.79 Å². The van der Waals surface area contributed by atoms with Crippen molar-refractivity contribution in [3.8, 4) is 0 Å². The summed E-state index contributed by atoms with van der Waals surface area (Å²) in [7, 11) is 0. The number of hydrogen-bond donors (Lipinski definition) is 1. The maximum absolute atomic E-state index is 10.1. The largest absolute Gasteiger partial charge is 0.627 e. The first-order valence-electron chi connectivity index (χ1n) is 1.62. The summed E-state index contributed by atoms with van der Waals surface area (Å²) in [5.74, 6) is -0.315. The minimum absolute atomic E-state index is 0.00397. The van der Waals surface area contributed by atoms with E-state index in [1.54, 1.807) is 0 Å². The van der Waals surface area contributed by atoms with Crippen molar-refractivity contribution in [2.75, 3.05) is 6.54 Å². The molecule has 2 N–H and O–H groups in total. The summed E-state index contributed by atoms with van der Waals surface area (Å²) in [6.45, 7) is -0.00397. The summed E-state index contributed by atoms with van der Waals surface area (Å²) in [6.07, 6.45) is 0. The normalized spacial score (nSPS) is 7.71. The van der Waals surface area contributed by atoms with E-state index < -0.39 is 0 Å². The van der Waals surface area contributed by atoms with Crippen molar-refractivity contribution in [3.63, 3.8) is 0 Å². The number of carbonyl (C=O) groups excluding carboxylic acids is 1. The van der Waals surface area contributed by atoms with Gasteiger partial charge in [0, 0.05) is 0 Å². The molecule has 0 saturated carbocycles. The molecular formula is C2H4AlINO2. The minimum atomic E-state index is -0.315. The lowest BCUT2D eigenvalue weighted by atomic mass is 10.7. The van der Waals surface area contributed by atoms with Crippen LogP contribution < -0.4 is 5.73 Å². The number of nitrogens with two attached hydrogens (primary N) is 1. The zero-order valence-electron chi connectivity index (χ0n) is 3.56. The van der Waals surface area contributed by atoms with E-state index >= 15 is 0 Å². The van der Waals surface area contributed by atoms with Crippen LogP contribution in [0, 0.1) is 0 Å². The van der Waals surface area contributed by atoms with Gasteiger partial charge in [-0.25, -0.2) is 0 Å². The highest BCUT2D eigenvalue weighted by Crippen LogP contribution is 1.77. The maximum Gasteiger partial charge on any atom is 0.627 e. The maximum atomic E-state index is 10.1. The van der Waals surface area contributed by atoms with Gasteiger partial charge in [-0.15, -0.1) is 0 Å². The van der Waals surface area contributed by atoms with Gasteiger partial charge < -0.3 is 9.52 Å². The Kier molecular flexibility index (Phi) is 5.32. The smallest absolute Gasteiger partial charge is 0.613 e. The van der Waals surface area contributed by atoms with E-state index in [0.717, 1.165) is 0 Å². The molecule has 0 heterocycles. The molecule has 7 heavy (non-hydrogen) atoms. The second-order valence-electron chi connectivity index (χ2n) is 0.783. The van der Waals surface area contributed by atoms with Crippen LogP contribution in [0.3, 0.4) is 0 Å². The summed E-state index contributed by atoms with van der Waals surface area (Å²) >= 11 is 1.80. The summed E-state index contributed by atoms with van der Waals surface area (Å²) < 4.78 is 4.50. The highest BCUT2D eigenvalue weighted by molar-refractivity contribution is 14.1. The van der Waals surface area contributed by atoms with E-state index in [0.29, 0.717) is 0 Å². The van der Waals surface area contributed by atoms with Gasteiger partial charge in [-0.3, -0.25) is 4.79 Å². The van der Waals surface area contributed by atoms with Gasteiger partial charge in [-0.2, -0.15) is 20.3 Å². The van der Waals surface area contributed by atoms with Crippen LogP contribution in [0.1, 0.15) is 0 Å². The Morgan fingerprint density at radius 2 is 2.57 bits per heavy atom. The van der Waals surface area contributed by atoms with E-state index in [2.05, 4.69) is 3.79 Å². The second-order valence-corrected chi connectivity index (χ2v) is 2.72. The average Bonchev–Trinajstić information content (AvgIpc) is 1.68. The van der Waals surface area contributed by atoms with Crippen molar-refractivity contribution >= 4 is 38.5 Å². The molecule has 0 spiro atoms. The van der Waals surface area contributed by atoms with E-state index in [4.69, 9.17) is 5.73 Å². The molecule has 0 aliphatic carbocycles. The Morgan fingerprint density at radius 1 is 2.00 bits per heavy atom. The number of halogens is 1. The molecule has 0 rings (SSSR count). The van der Waals surface area contributed by atoms with Crippen LogP contribution in [-0.2, 0) is 8.58 Å². The molecule has 3 nitrogen and oxygen atoms in total. The van der Waals surface area contributed by atoms with Gasteiger partial charge in [0.05, 0.1) is 6.54 Å². The van der Waals surface area contributed by atoms with Crippen LogP contribution >= 0.6 is 20.3 Å². The molecule has 0 aliphatic heterocycles. The van der Waals surface area contributed by atoms with Crippen LogP contribution in [0.2, 0.25) is 0 Å². The molecule has 5 heteroatoms. The summed E-state index contributed by atoms with van der Waals surface area (Å²) in [5.41, 5.74) is 4.89. The molecule has 0 atom stereocenters. The fourth-order valence-electron chi connectivity index (χ4n) is 0.0978. The van der Waals surface area contributed by atoms with E-state index in [1.165, 1.54) is 0 Å². The van der Waals surface area contributed by atoms with E-state index in [1.807, 2.05) is 20.3 Å². The summed E-state index contributed by atoms with van der Waals surface area (Å²) in [4.78, 5) is 10.1. The number of rotatable bonds is 2. The van der Waals surface area contributed by atoms with Crippen molar-refractivity contribution in [2.24, 2.45) is 5.73 Å². The van der Waals surface area contributed by atoms with Crippen LogP contribution in [-0.4, -0.2) is 24.8 Å². The number of carbonyl (C=O) groups is 1. The Hall–Kier alpha value is 0.692. The highest BCUT2D eigenvalue weighted by Gasteiger charge is 1.95. The first kappa shape index (κ1) is 7.69. The summed E-state index contributed by atoms with van der Waals surface area (Å²) in [5, 5.41) is 0. The Bertz CT molecular complexity index is 68.7. The summed E-state index contributed by atoms with van der Waals surface area (Å²) in [6, 6.07) is 0.